The Morgan fingerprint density at radius 1 is 0.864 bits per heavy atom. The van der Waals surface area contributed by atoms with E-state index in [-0.39, 0.29) is 0 Å². The minimum Gasteiger partial charge on any atom is -0.438 e. The summed E-state index contributed by atoms with van der Waals surface area (Å²) in [5.41, 5.74) is 1.38. The molecule has 0 N–H and O–H groups in total. The molecule has 0 saturated carbocycles. The molecule has 2 aromatic rings. The van der Waals surface area contributed by atoms with E-state index in [4.69, 9.17) is 4.74 Å². The van der Waals surface area contributed by atoms with E-state index in [1.807, 2.05) is 12.1 Å². The Morgan fingerprint density at radius 2 is 1.59 bits per heavy atom. The summed E-state index contributed by atoms with van der Waals surface area (Å²) >= 11 is 0. The third kappa shape index (κ3) is 6.25. The van der Waals surface area contributed by atoms with Crippen molar-refractivity contribution < 1.29 is 4.74 Å². The maximum Gasteiger partial charge on any atom is 0.237 e. The molecule has 118 valence electrons. The van der Waals surface area contributed by atoms with Crippen LogP contribution in [-0.2, 0) is 6.42 Å². The Balaban J connectivity index is 1.66. The Bertz CT molecular complexity index is 511. The van der Waals surface area contributed by atoms with E-state index < -0.39 is 0 Å². The number of unbranched alkanes of at least 4 members (excludes halogenated alkanes) is 6. The molecule has 3 nitrogen and oxygen atoms in total. The highest BCUT2D eigenvalue weighted by molar-refractivity contribution is 5.29. The van der Waals surface area contributed by atoms with Gasteiger partial charge in [-0.3, -0.25) is 4.98 Å². The molecule has 0 radical (unpaired) electrons. The molecule has 1 aromatic carbocycles. The molecule has 0 atom stereocenters. The quantitative estimate of drug-likeness (QED) is 0.538. The van der Waals surface area contributed by atoms with Crippen LogP contribution in [0.4, 0.5) is 0 Å². The summed E-state index contributed by atoms with van der Waals surface area (Å²) in [6.45, 7) is 2.26. The molecule has 0 aliphatic heterocycles. The lowest BCUT2D eigenvalue weighted by Gasteiger charge is -2.06. The van der Waals surface area contributed by atoms with Gasteiger partial charge in [0.2, 0.25) is 5.88 Å². The molecule has 1 aromatic heterocycles. The van der Waals surface area contributed by atoms with Gasteiger partial charge in [-0.25, -0.2) is 4.98 Å². The molecule has 0 spiro atoms. The lowest BCUT2D eigenvalue weighted by molar-refractivity contribution is 0.460. The summed E-state index contributed by atoms with van der Waals surface area (Å²) in [5.74, 6) is 1.34. The number of nitrogens with zero attached hydrogens (tertiary/aromatic N) is 2. The number of rotatable bonds is 10. The second-order valence-electron chi connectivity index (χ2n) is 5.66. The van der Waals surface area contributed by atoms with Crippen LogP contribution in [0.15, 0.2) is 42.9 Å². The van der Waals surface area contributed by atoms with Gasteiger partial charge < -0.3 is 4.74 Å². The zero-order chi connectivity index (χ0) is 15.5. The molecule has 0 bridgehead atoms. The van der Waals surface area contributed by atoms with Crippen LogP contribution in [0.3, 0.4) is 0 Å². The third-order valence-electron chi connectivity index (χ3n) is 3.75. The third-order valence-corrected chi connectivity index (χ3v) is 3.75. The van der Waals surface area contributed by atoms with Crippen molar-refractivity contribution in [2.75, 3.05) is 0 Å². The van der Waals surface area contributed by atoms with Gasteiger partial charge in [0, 0.05) is 12.4 Å². The van der Waals surface area contributed by atoms with Crippen molar-refractivity contribution in [1.82, 2.24) is 9.97 Å². The van der Waals surface area contributed by atoms with Gasteiger partial charge in [-0.2, -0.15) is 0 Å². The molecular formula is C19H26N2O. The second-order valence-corrected chi connectivity index (χ2v) is 5.66. The molecule has 0 unspecified atom stereocenters. The van der Waals surface area contributed by atoms with Gasteiger partial charge in [0.25, 0.3) is 0 Å². The van der Waals surface area contributed by atoms with Gasteiger partial charge in [-0.05, 0) is 30.5 Å². The van der Waals surface area contributed by atoms with E-state index in [0.29, 0.717) is 5.88 Å². The summed E-state index contributed by atoms with van der Waals surface area (Å²) in [6, 6.07) is 8.29. The molecule has 0 saturated heterocycles. The Morgan fingerprint density at radius 3 is 2.27 bits per heavy atom. The Labute approximate surface area is 133 Å². The topological polar surface area (TPSA) is 35.0 Å². The first kappa shape index (κ1) is 16.5. The molecule has 0 aliphatic carbocycles. The molecule has 1 heterocycles. The molecule has 2 rings (SSSR count). The zero-order valence-electron chi connectivity index (χ0n) is 13.5. The van der Waals surface area contributed by atoms with E-state index in [2.05, 4.69) is 29.0 Å². The number of ether oxygens (including phenoxy) is 1. The van der Waals surface area contributed by atoms with Crippen molar-refractivity contribution in [3.8, 4) is 11.6 Å². The monoisotopic (exact) mass is 298 g/mol. The van der Waals surface area contributed by atoms with Crippen LogP contribution in [0.2, 0.25) is 0 Å². The van der Waals surface area contributed by atoms with Crippen molar-refractivity contribution in [3.63, 3.8) is 0 Å². The molecule has 0 fully saturated rings. The van der Waals surface area contributed by atoms with Gasteiger partial charge >= 0.3 is 0 Å². The van der Waals surface area contributed by atoms with E-state index in [0.717, 1.165) is 12.2 Å². The van der Waals surface area contributed by atoms with E-state index in [9.17, 15) is 0 Å². The summed E-state index contributed by atoms with van der Waals surface area (Å²) in [7, 11) is 0. The van der Waals surface area contributed by atoms with Crippen LogP contribution >= 0.6 is 0 Å². The van der Waals surface area contributed by atoms with Crippen molar-refractivity contribution in [2.24, 2.45) is 0 Å². The fourth-order valence-electron chi connectivity index (χ4n) is 2.47. The number of aryl methyl sites for hydroxylation is 1. The van der Waals surface area contributed by atoms with Gasteiger partial charge in [0.1, 0.15) is 5.75 Å². The molecule has 0 aliphatic rings. The first-order valence-electron chi connectivity index (χ1n) is 8.41. The summed E-state index contributed by atoms with van der Waals surface area (Å²) < 4.78 is 5.64. The highest BCUT2D eigenvalue weighted by atomic mass is 16.5. The first-order chi connectivity index (χ1) is 10.9. The number of hydrogen-bond acceptors (Lipinski definition) is 3. The minimum absolute atomic E-state index is 0.530. The van der Waals surface area contributed by atoms with Crippen LogP contribution in [0.1, 0.15) is 57.4 Å². The summed E-state index contributed by atoms with van der Waals surface area (Å²) in [6.07, 6.45) is 15.5. The zero-order valence-corrected chi connectivity index (χ0v) is 13.5. The van der Waals surface area contributed by atoms with Crippen LogP contribution < -0.4 is 4.74 Å². The van der Waals surface area contributed by atoms with Crippen LogP contribution in [0.5, 0.6) is 11.6 Å². The molecule has 3 heteroatoms. The van der Waals surface area contributed by atoms with E-state index >= 15 is 0 Å². The van der Waals surface area contributed by atoms with Crippen LogP contribution in [0, 0.1) is 0 Å². The van der Waals surface area contributed by atoms with Crippen molar-refractivity contribution in [1.29, 1.82) is 0 Å². The second kappa shape index (κ2) is 9.93. The lowest BCUT2D eigenvalue weighted by Crippen LogP contribution is -1.90. The fourth-order valence-corrected chi connectivity index (χ4v) is 2.47. The SMILES string of the molecule is CCCCCCCCCc1ccc(Oc2cnccn2)cc1. The van der Waals surface area contributed by atoms with Crippen molar-refractivity contribution in [3.05, 3.63) is 48.4 Å². The highest BCUT2D eigenvalue weighted by Crippen LogP contribution is 2.19. The van der Waals surface area contributed by atoms with Crippen LogP contribution in [-0.4, -0.2) is 9.97 Å². The Kier molecular flexibility index (Phi) is 7.44. The van der Waals surface area contributed by atoms with Crippen LogP contribution in [0.25, 0.3) is 0 Å². The van der Waals surface area contributed by atoms with E-state index in [1.165, 1.54) is 50.5 Å². The maximum atomic E-state index is 5.64. The van der Waals surface area contributed by atoms with Crippen molar-refractivity contribution in [2.45, 2.75) is 58.3 Å². The van der Waals surface area contributed by atoms with Gasteiger partial charge in [-0.15, -0.1) is 0 Å². The van der Waals surface area contributed by atoms with Crippen molar-refractivity contribution >= 4 is 0 Å². The number of benzene rings is 1. The summed E-state index contributed by atoms with van der Waals surface area (Å²) in [4.78, 5) is 8.09. The minimum atomic E-state index is 0.530. The predicted molar refractivity (Wildman–Crippen MR) is 90.2 cm³/mol. The van der Waals surface area contributed by atoms with Gasteiger partial charge in [0.15, 0.2) is 0 Å². The largest absolute Gasteiger partial charge is 0.438 e. The van der Waals surface area contributed by atoms with Gasteiger partial charge in [-0.1, -0.05) is 57.6 Å². The normalized spacial score (nSPS) is 10.6. The molecular weight excluding hydrogens is 272 g/mol. The summed E-state index contributed by atoms with van der Waals surface area (Å²) in [5, 5.41) is 0. The average molecular weight is 298 g/mol. The first-order valence-corrected chi connectivity index (χ1v) is 8.41. The van der Waals surface area contributed by atoms with Gasteiger partial charge in [0.05, 0.1) is 6.20 Å². The highest BCUT2D eigenvalue weighted by Gasteiger charge is 1.99. The average Bonchev–Trinajstić information content (AvgIpc) is 2.56. The number of aromatic nitrogens is 2. The standard InChI is InChI=1S/C19H26N2O/c1-2-3-4-5-6-7-8-9-17-10-12-18(13-11-17)22-19-16-20-14-15-21-19/h10-16H,2-9H2,1H3. The lowest BCUT2D eigenvalue weighted by atomic mass is 10.0. The Hall–Kier alpha value is -1.90. The fraction of sp³-hybridized carbons (Fsp3) is 0.474. The molecule has 22 heavy (non-hydrogen) atoms. The number of hydrogen-bond donors (Lipinski definition) is 0. The smallest absolute Gasteiger partial charge is 0.237 e. The predicted octanol–water partition coefficient (Wildman–Crippen LogP) is 5.56. The van der Waals surface area contributed by atoms with E-state index in [1.54, 1.807) is 18.6 Å². The maximum absolute atomic E-state index is 5.64. The molecule has 0 amide bonds.